The maximum atomic E-state index is 11.6. The number of aromatic nitrogens is 2. The van der Waals surface area contributed by atoms with Crippen LogP contribution in [0.1, 0.15) is 81.0 Å². The number of hydrogen-bond donors (Lipinski definition) is 7. The number of nitrogens with two attached hydrogens (primary N) is 1. The van der Waals surface area contributed by atoms with Crippen molar-refractivity contribution >= 4 is 5.82 Å². The Kier molecular flexibility index (Phi) is 12.6. The first-order valence-electron chi connectivity index (χ1n) is 17.5. The van der Waals surface area contributed by atoms with Crippen molar-refractivity contribution in [3.63, 3.8) is 0 Å². The summed E-state index contributed by atoms with van der Waals surface area (Å²) in [7, 11) is 0. The lowest BCUT2D eigenvalue weighted by molar-refractivity contribution is -0.00825. The third kappa shape index (κ3) is 9.64. The van der Waals surface area contributed by atoms with Crippen molar-refractivity contribution in [3.8, 4) is 23.3 Å². The number of nitrogens with zero attached hydrogens (tertiary/aromatic N) is 1. The Morgan fingerprint density at radius 3 is 2.69 bits per heavy atom. The van der Waals surface area contributed by atoms with Crippen molar-refractivity contribution in [2.24, 2.45) is 17.8 Å². The molecule has 48 heavy (non-hydrogen) atoms. The number of pyridine rings is 1. The molecule has 3 aromatic rings. The van der Waals surface area contributed by atoms with Gasteiger partial charge in [0.2, 0.25) is 0 Å². The van der Waals surface area contributed by atoms with E-state index in [9.17, 15) is 20.4 Å². The zero-order valence-electron chi connectivity index (χ0n) is 28.1. The summed E-state index contributed by atoms with van der Waals surface area (Å²) in [5, 5.41) is 47.0. The van der Waals surface area contributed by atoms with Crippen molar-refractivity contribution < 1.29 is 25.2 Å². The van der Waals surface area contributed by atoms with Crippen LogP contribution in [0, 0.1) is 29.6 Å². The Hall–Kier alpha value is -3.81. The summed E-state index contributed by atoms with van der Waals surface area (Å²) in [6.07, 6.45) is 10.8. The Balaban J connectivity index is 1.29. The number of nitrogens with one attached hydrogen (secondary N) is 2. The number of phenols is 1. The van der Waals surface area contributed by atoms with E-state index in [4.69, 9.17) is 10.5 Å². The van der Waals surface area contributed by atoms with Crippen molar-refractivity contribution in [2.45, 2.75) is 95.0 Å². The van der Waals surface area contributed by atoms with Crippen LogP contribution in [0.5, 0.6) is 11.5 Å². The van der Waals surface area contributed by atoms with E-state index in [0.717, 1.165) is 42.5 Å². The van der Waals surface area contributed by atoms with Gasteiger partial charge in [0.05, 0.1) is 24.9 Å². The summed E-state index contributed by atoms with van der Waals surface area (Å²) < 4.78 is 6.19. The Labute approximate surface area is 284 Å². The van der Waals surface area contributed by atoms with E-state index < -0.39 is 24.2 Å². The van der Waals surface area contributed by atoms with Crippen LogP contribution in [0.4, 0.5) is 5.82 Å². The first-order chi connectivity index (χ1) is 23.2. The predicted molar refractivity (Wildman–Crippen MR) is 188 cm³/mol. The number of aliphatic hydroxyl groups excluding tert-OH is 3. The van der Waals surface area contributed by atoms with E-state index in [-0.39, 0.29) is 35.5 Å². The van der Waals surface area contributed by atoms with Crippen molar-refractivity contribution in [1.82, 2.24) is 15.3 Å². The van der Waals surface area contributed by atoms with Gasteiger partial charge in [-0.15, -0.1) is 0 Å². The highest BCUT2D eigenvalue weighted by molar-refractivity contribution is 5.44. The van der Waals surface area contributed by atoms with E-state index in [1.807, 2.05) is 36.5 Å². The number of ether oxygens (including phenoxy) is 1. The second kappa shape index (κ2) is 17.0. The molecule has 1 aromatic carbocycles. The number of aromatic amines is 1. The third-order valence-electron chi connectivity index (χ3n) is 9.92. The van der Waals surface area contributed by atoms with Gasteiger partial charge in [-0.05, 0) is 105 Å². The fraction of sp³-hybridized carbons (Fsp3) is 0.513. The molecule has 9 atom stereocenters. The quantitative estimate of drug-likeness (QED) is 0.106. The largest absolute Gasteiger partial charge is 0.504 e. The first kappa shape index (κ1) is 35.5. The number of H-pyrrole nitrogens is 1. The molecule has 2 aromatic heterocycles. The number of benzene rings is 1. The van der Waals surface area contributed by atoms with Crippen LogP contribution in [-0.4, -0.2) is 67.9 Å². The number of aliphatic hydroxyl groups is 3. The van der Waals surface area contributed by atoms with Gasteiger partial charge in [0.25, 0.3) is 0 Å². The van der Waals surface area contributed by atoms with Gasteiger partial charge >= 0.3 is 0 Å². The Bertz CT molecular complexity index is 1530. The standard InChI is InChI=1S/C39H52N4O5/c1-3-26-6-7-27-8-9-28(21-36(47)39(27)35(46)13-11-33(19-26)43-24-25(2)44)29-10-12-34(45)37(22-29)48-18-15-31(20-32-5-4-16-41-32)30-14-17-42-38(40)23-30/h4-5,8-10,12,14,16-17,22-23,25-28,31,33,35-36,39,41,43-47H,3,11,13,15,18-21,24H2,1-2H3,(H2,40,42)/t25-,26-,27-,28-,31+,33-,35-,36+,39+/m0/s1. The lowest BCUT2D eigenvalue weighted by Gasteiger charge is -2.32. The monoisotopic (exact) mass is 656 g/mol. The topological polar surface area (TPSA) is 157 Å². The van der Waals surface area contributed by atoms with E-state index in [1.165, 1.54) is 0 Å². The minimum absolute atomic E-state index is 0.0609. The lowest BCUT2D eigenvalue weighted by atomic mass is 9.78. The van der Waals surface area contributed by atoms with Crippen LogP contribution in [0.3, 0.4) is 0 Å². The normalized spacial score (nSPS) is 27.1. The van der Waals surface area contributed by atoms with Crippen molar-refractivity contribution in [2.75, 3.05) is 18.9 Å². The van der Waals surface area contributed by atoms with Crippen molar-refractivity contribution in [1.29, 1.82) is 0 Å². The minimum atomic E-state index is -0.776. The summed E-state index contributed by atoms with van der Waals surface area (Å²) in [5.41, 5.74) is 9.11. The summed E-state index contributed by atoms with van der Waals surface area (Å²) in [5.74, 6) is 7.31. The number of phenolic OH excluding ortho intramolecular Hbond substituents is 1. The maximum absolute atomic E-state index is 11.6. The number of anilines is 1. The molecule has 0 aliphatic heterocycles. The summed E-state index contributed by atoms with van der Waals surface area (Å²) in [6, 6.07) is 13.4. The van der Waals surface area contributed by atoms with Gasteiger partial charge in [0.15, 0.2) is 11.5 Å². The molecule has 0 amide bonds. The van der Waals surface area contributed by atoms with E-state index in [2.05, 4.69) is 52.3 Å². The van der Waals surface area contributed by atoms with Gasteiger partial charge in [-0.2, -0.15) is 0 Å². The molecule has 0 fully saturated rings. The highest BCUT2D eigenvalue weighted by Crippen LogP contribution is 2.39. The van der Waals surface area contributed by atoms with E-state index in [1.54, 1.807) is 19.2 Å². The lowest BCUT2D eigenvalue weighted by Crippen LogP contribution is -2.40. The predicted octanol–water partition coefficient (Wildman–Crippen LogP) is 5.04. The Morgan fingerprint density at radius 2 is 1.94 bits per heavy atom. The summed E-state index contributed by atoms with van der Waals surface area (Å²) in [6.45, 7) is 4.78. The molecular formula is C39H52N4O5. The molecule has 0 spiro atoms. The maximum Gasteiger partial charge on any atom is 0.161 e. The number of aromatic hydroxyl groups is 1. The first-order valence-corrected chi connectivity index (χ1v) is 17.5. The minimum Gasteiger partial charge on any atom is -0.504 e. The smallest absolute Gasteiger partial charge is 0.161 e. The van der Waals surface area contributed by atoms with E-state index >= 15 is 0 Å². The third-order valence-corrected chi connectivity index (χ3v) is 9.92. The molecule has 0 saturated carbocycles. The fourth-order valence-corrected chi connectivity index (χ4v) is 7.15. The highest BCUT2D eigenvalue weighted by Gasteiger charge is 2.37. The molecule has 9 nitrogen and oxygen atoms in total. The van der Waals surface area contributed by atoms with Crippen LogP contribution >= 0.6 is 0 Å². The van der Waals surface area contributed by atoms with E-state index in [0.29, 0.717) is 44.0 Å². The highest BCUT2D eigenvalue weighted by atomic mass is 16.5. The molecule has 2 aliphatic rings. The number of rotatable bonds is 12. The van der Waals surface area contributed by atoms with Crippen molar-refractivity contribution in [3.05, 3.63) is 83.8 Å². The SMILES string of the molecule is CC[C@H]1C#C[C@H]2C=C[C@H](c3ccc(O)c(OCC[C@H](Cc4ccc[nH]4)c4ccnc(N)c4)c3)C[C@@H](O)[C@H]2[C@@H](O)CC[C@H](NC[C@H](C)O)C1. The molecule has 0 radical (unpaired) electrons. The van der Waals surface area contributed by atoms with Crippen LogP contribution in [0.15, 0.2) is 67.0 Å². The van der Waals surface area contributed by atoms with Gasteiger partial charge in [0, 0.05) is 54.3 Å². The van der Waals surface area contributed by atoms with Gasteiger partial charge < -0.3 is 41.2 Å². The fourth-order valence-electron chi connectivity index (χ4n) is 7.15. The van der Waals surface area contributed by atoms with Crippen LogP contribution in [0.25, 0.3) is 0 Å². The number of allylic oxidation sites excluding steroid dienone is 2. The average molecular weight is 657 g/mol. The molecule has 2 aliphatic carbocycles. The number of hydrogen-bond acceptors (Lipinski definition) is 8. The molecule has 5 rings (SSSR count). The van der Waals surface area contributed by atoms with Gasteiger partial charge in [-0.25, -0.2) is 4.98 Å². The molecule has 0 unspecified atom stereocenters. The van der Waals surface area contributed by atoms with Crippen LogP contribution < -0.4 is 15.8 Å². The zero-order valence-corrected chi connectivity index (χ0v) is 28.1. The zero-order chi connectivity index (χ0) is 34.0. The molecule has 2 heterocycles. The van der Waals surface area contributed by atoms with Crippen LogP contribution in [-0.2, 0) is 6.42 Å². The molecule has 0 bridgehead atoms. The van der Waals surface area contributed by atoms with Crippen LogP contribution in [0.2, 0.25) is 0 Å². The molecular weight excluding hydrogens is 604 g/mol. The molecule has 0 saturated heterocycles. The molecule has 258 valence electrons. The second-order valence-corrected chi connectivity index (χ2v) is 13.6. The second-order valence-electron chi connectivity index (χ2n) is 13.6. The Morgan fingerprint density at radius 1 is 1.08 bits per heavy atom. The van der Waals surface area contributed by atoms with Gasteiger partial charge in [0.1, 0.15) is 5.82 Å². The summed E-state index contributed by atoms with van der Waals surface area (Å²) in [4.78, 5) is 7.42. The van der Waals surface area contributed by atoms with Gasteiger partial charge in [-0.3, -0.25) is 0 Å². The average Bonchev–Trinajstić information content (AvgIpc) is 3.52. The van der Waals surface area contributed by atoms with Gasteiger partial charge in [-0.1, -0.05) is 37.0 Å². The number of nitrogen functional groups attached to an aromatic ring is 1. The summed E-state index contributed by atoms with van der Waals surface area (Å²) >= 11 is 0. The molecule has 8 N–H and O–H groups in total. The molecule has 9 heteroatoms. The number of fused-ring (bicyclic) bond motifs is 1.